The molecule has 0 spiro atoms. The fourth-order valence-corrected chi connectivity index (χ4v) is 7.92. The summed E-state index contributed by atoms with van der Waals surface area (Å²) in [6.07, 6.45) is 6.33. The van der Waals surface area contributed by atoms with Crippen molar-refractivity contribution in [2.45, 2.75) is 134 Å². The number of hydrogen-bond acceptors (Lipinski definition) is 7. The number of carbonyl (C=O) groups excluding carboxylic acids is 3. The Balaban J connectivity index is 1.82. The van der Waals surface area contributed by atoms with Gasteiger partial charge in [-0.15, -0.1) is 11.6 Å². The first kappa shape index (κ1) is 33.3. The van der Waals surface area contributed by atoms with Gasteiger partial charge in [0, 0.05) is 18.3 Å². The number of aliphatic hydroxyl groups is 1. The third-order valence-corrected chi connectivity index (χ3v) is 15.4. The third-order valence-electron chi connectivity index (χ3n) is 10.2. The smallest absolute Gasteiger partial charge is 0.311 e. The maximum atomic E-state index is 13.2. The molecule has 0 radical (unpaired) electrons. The molecule has 3 rings (SSSR count). The Morgan fingerprint density at radius 3 is 2.45 bits per heavy atom. The molecule has 1 N–H and O–H groups in total. The lowest BCUT2D eigenvalue weighted by Gasteiger charge is -2.54. The zero-order valence-corrected chi connectivity index (χ0v) is 27.6. The van der Waals surface area contributed by atoms with Crippen LogP contribution < -0.4 is 0 Å². The number of aldehydes is 1. The zero-order chi connectivity index (χ0) is 30.3. The average molecular weight is 599 g/mol. The molecule has 1 aliphatic heterocycles. The second-order valence-electron chi connectivity index (χ2n) is 14.5. The van der Waals surface area contributed by atoms with Gasteiger partial charge in [0.15, 0.2) is 8.32 Å². The summed E-state index contributed by atoms with van der Waals surface area (Å²) in [4.78, 5) is 37.7. The number of ether oxygens (including phenoxy) is 2. The monoisotopic (exact) mass is 598 g/mol. The molecule has 0 aromatic heterocycles. The zero-order valence-electron chi connectivity index (χ0n) is 25.9. The van der Waals surface area contributed by atoms with E-state index in [0.29, 0.717) is 25.7 Å². The first-order chi connectivity index (χ1) is 18.4. The van der Waals surface area contributed by atoms with Gasteiger partial charge in [-0.3, -0.25) is 9.59 Å². The number of allylic oxidation sites excluding steroid dienone is 1. The fourth-order valence-electron chi connectivity index (χ4n) is 6.17. The molecular formula is C31H51ClO7Si. The number of rotatable bonds is 9. The van der Waals surface area contributed by atoms with Gasteiger partial charge in [0.2, 0.25) is 0 Å². The summed E-state index contributed by atoms with van der Waals surface area (Å²) in [7, 11) is -2.05. The second kappa shape index (κ2) is 12.2. The quantitative estimate of drug-likeness (QED) is 0.111. The van der Waals surface area contributed by atoms with E-state index in [1.54, 1.807) is 6.08 Å². The number of halogens is 1. The van der Waals surface area contributed by atoms with Gasteiger partial charge in [0.05, 0.1) is 23.3 Å². The highest BCUT2D eigenvalue weighted by molar-refractivity contribution is 6.74. The van der Waals surface area contributed by atoms with E-state index in [4.69, 9.17) is 25.5 Å². The van der Waals surface area contributed by atoms with Gasteiger partial charge in [-0.1, -0.05) is 46.8 Å². The van der Waals surface area contributed by atoms with Crippen molar-refractivity contribution < 1.29 is 33.4 Å². The van der Waals surface area contributed by atoms with Crippen molar-refractivity contribution in [2.24, 2.45) is 29.1 Å². The van der Waals surface area contributed by atoms with Crippen LogP contribution >= 0.6 is 11.6 Å². The van der Waals surface area contributed by atoms with Crippen molar-refractivity contribution in [3.05, 3.63) is 12.2 Å². The number of cyclic esters (lactones) is 1. The maximum absolute atomic E-state index is 13.2. The van der Waals surface area contributed by atoms with Crippen LogP contribution in [0.25, 0.3) is 0 Å². The van der Waals surface area contributed by atoms with Gasteiger partial charge in [-0.2, -0.15) is 0 Å². The summed E-state index contributed by atoms with van der Waals surface area (Å²) in [5.41, 5.74) is -2.19. The highest BCUT2D eigenvalue weighted by Crippen LogP contribution is 2.52. The van der Waals surface area contributed by atoms with Crippen LogP contribution in [-0.4, -0.2) is 60.9 Å². The Bertz CT molecular complexity index is 973. The van der Waals surface area contributed by atoms with Crippen molar-refractivity contribution in [3.63, 3.8) is 0 Å². The molecule has 2 fully saturated rings. The highest BCUT2D eigenvalue weighted by Gasteiger charge is 2.59. The summed E-state index contributed by atoms with van der Waals surface area (Å²) in [5, 5.41) is 11.2. The molecule has 2 aliphatic carbocycles. The summed E-state index contributed by atoms with van der Waals surface area (Å²) in [6.45, 7) is 18.6. The molecule has 0 bridgehead atoms. The predicted molar refractivity (Wildman–Crippen MR) is 158 cm³/mol. The van der Waals surface area contributed by atoms with Crippen molar-refractivity contribution in [3.8, 4) is 0 Å². The van der Waals surface area contributed by atoms with E-state index in [9.17, 15) is 19.5 Å². The first-order valence-electron chi connectivity index (χ1n) is 15.0. The van der Waals surface area contributed by atoms with Crippen LogP contribution in [0.4, 0.5) is 0 Å². The third kappa shape index (κ3) is 6.87. The van der Waals surface area contributed by atoms with Crippen molar-refractivity contribution in [1.82, 2.24) is 0 Å². The number of esters is 2. The van der Waals surface area contributed by atoms with Crippen molar-refractivity contribution in [2.75, 3.05) is 0 Å². The molecule has 3 aliphatic rings. The van der Waals surface area contributed by atoms with E-state index in [2.05, 4.69) is 40.8 Å². The average Bonchev–Trinajstić information content (AvgIpc) is 2.84. The van der Waals surface area contributed by atoms with E-state index < -0.39 is 42.7 Å². The molecular weight excluding hydrogens is 548 g/mol. The largest absolute Gasteiger partial charge is 0.462 e. The molecule has 1 saturated heterocycles. The molecule has 228 valence electrons. The van der Waals surface area contributed by atoms with E-state index in [1.807, 2.05) is 26.8 Å². The standard InChI is InChI=1S/C31H51ClO7Si/c1-10-30(6,7)28(35)38-24-15-20(18-33)27(32)31(36)14-13-19(2)23(26(24)31)12-11-21-16-22(17-25(34)37-21)39-40(8,9)29(3,4)5/h13-14,18-24,26-27,36H,10-12,15-17H2,1-9H3/t19-,20-,21+,22+,23-,24-,26-,27-,31-/m0/s1. The van der Waals surface area contributed by atoms with Gasteiger partial charge in [0.1, 0.15) is 24.1 Å². The SMILES string of the molecule is CCC(C)(C)C(=O)O[C@H]1C[C@@H](C=O)[C@H](Cl)[C@]2(O)C=C[C@H](C)[C@H](CC[C@@H]3C[C@@H](O[Si](C)(C)C(C)(C)C)CC(=O)O3)[C@@H]12. The Labute approximate surface area is 246 Å². The fraction of sp³-hybridized carbons (Fsp3) is 0.839. The van der Waals surface area contributed by atoms with E-state index in [-0.39, 0.29) is 53.9 Å². The molecule has 1 saturated carbocycles. The molecule has 0 aromatic carbocycles. The van der Waals surface area contributed by atoms with E-state index in [0.717, 1.165) is 6.29 Å². The van der Waals surface area contributed by atoms with Gasteiger partial charge in [0.25, 0.3) is 0 Å². The molecule has 40 heavy (non-hydrogen) atoms. The topological polar surface area (TPSA) is 99.1 Å². The van der Waals surface area contributed by atoms with Crippen molar-refractivity contribution >= 4 is 38.1 Å². The van der Waals surface area contributed by atoms with Crippen LogP contribution in [-0.2, 0) is 28.3 Å². The molecule has 0 amide bonds. The predicted octanol–water partition coefficient (Wildman–Crippen LogP) is 6.21. The number of alkyl halides is 1. The summed E-state index contributed by atoms with van der Waals surface area (Å²) in [6, 6.07) is 0. The lowest BCUT2D eigenvalue weighted by Crippen LogP contribution is -2.62. The lowest BCUT2D eigenvalue weighted by atomic mass is 9.58. The summed E-state index contributed by atoms with van der Waals surface area (Å²) >= 11 is 6.76. The van der Waals surface area contributed by atoms with Gasteiger partial charge >= 0.3 is 11.9 Å². The van der Waals surface area contributed by atoms with Crippen LogP contribution in [0, 0.1) is 29.1 Å². The van der Waals surface area contributed by atoms with E-state index in [1.165, 1.54) is 0 Å². The van der Waals surface area contributed by atoms with Crippen LogP contribution in [0.15, 0.2) is 12.2 Å². The van der Waals surface area contributed by atoms with Gasteiger partial charge in [-0.05, 0) is 69.5 Å². The molecule has 9 atom stereocenters. The first-order valence-corrected chi connectivity index (χ1v) is 18.3. The Morgan fingerprint density at radius 2 is 1.88 bits per heavy atom. The Hall–Kier alpha value is -1.22. The van der Waals surface area contributed by atoms with E-state index >= 15 is 0 Å². The van der Waals surface area contributed by atoms with Gasteiger partial charge in [-0.25, -0.2) is 0 Å². The number of hydrogen-bond donors (Lipinski definition) is 1. The molecule has 1 heterocycles. The van der Waals surface area contributed by atoms with Crippen LogP contribution in [0.5, 0.6) is 0 Å². The van der Waals surface area contributed by atoms with Crippen LogP contribution in [0.2, 0.25) is 18.1 Å². The Kier molecular flexibility index (Phi) is 10.1. The molecule has 9 heteroatoms. The number of fused-ring (bicyclic) bond motifs is 1. The van der Waals surface area contributed by atoms with Gasteiger partial charge < -0.3 is 23.8 Å². The second-order valence-corrected chi connectivity index (χ2v) is 19.8. The minimum atomic E-state index is -2.05. The highest BCUT2D eigenvalue weighted by atomic mass is 35.5. The summed E-state index contributed by atoms with van der Waals surface area (Å²) in [5.74, 6) is -1.73. The van der Waals surface area contributed by atoms with Crippen molar-refractivity contribution in [1.29, 1.82) is 0 Å². The van der Waals surface area contributed by atoms with Crippen LogP contribution in [0.1, 0.15) is 87.0 Å². The normalized spacial score (nSPS) is 36.9. The van der Waals surface area contributed by atoms with Crippen LogP contribution in [0.3, 0.4) is 0 Å². The number of carbonyl (C=O) groups is 3. The minimum absolute atomic E-state index is 0.0371. The molecule has 0 aromatic rings. The molecule has 0 unspecified atom stereocenters. The Morgan fingerprint density at radius 1 is 1.23 bits per heavy atom. The lowest BCUT2D eigenvalue weighted by molar-refractivity contribution is -0.183. The minimum Gasteiger partial charge on any atom is -0.462 e. The summed E-state index contributed by atoms with van der Waals surface area (Å²) < 4.78 is 18.4. The molecule has 7 nitrogen and oxygen atoms in total. The maximum Gasteiger partial charge on any atom is 0.311 e.